The molecule has 3 aromatic carbocycles. The molecule has 0 aromatic heterocycles. The van der Waals surface area contributed by atoms with Crippen molar-refractivity contribution in [2.24, 2.45) is 0 Å². The van der Waals surface area contributed by atoms with Gasteiger partial charge in [-0.2, -0.15) is 0 Å². The van der Waals surface area contributed by atoms with Gasteiger partial charge in [-0.1, -0.05) is 78.9 Å². The smallest absolute Gasteiger partial charge is 0.128 e. The van der Waals surface area contributed by atoms with Crippen molar-refractivity contribution >= 4 is 5.69 Å². The van der Waals surface area contributed by atoms with Crippen LogP contribution in [0.2, 0.25) is 0 Å². The summed E-state index contributed by atoms with van der Waals surface area (Å²) in [6.07, 6.45) is -0.0205. The molecule has 3 aromatic rings. The molecule has 0 aliphatic heterocycles. The van der Waals surface area contributed by atoms with E-state index >= 15 is 0 Å². The highest BCUT2D eigenvalue weighted by Crippen LogP contribution is 2.21. The van der Waals surface area contributed by atoms with E-state index < -0.39 is 0 Å². The summed E-state index contributed by atoms with van der Waals surface area (Å²) >= 11 is 0. The summed E-state index contributed by atoms with van der Waals surface area (Å²) in [4.78, 5) is 2.29. The van der Waals surface area contributed by atoms with Crippen LogP contribution in [-0.4, -0.2) is 6.23 Å². The Morgan fingerprint density at radius 2 is 1.21 bits per heavy atom. The molecule has 0 fully saturated rings. The number of rotatable bonds is 7. The highest BCUT2D eigenvalue weighted by Gasteiger charge is 2.15. The van der Waals surface area contributed by atoms with Gasteiger partial charge in [0.15, 0.2) is 0 Å². The predicted molar refractivity (Wildman–Crippen MR) is 99.8 cm³/mol. The quantitative estimate of drug-likeness (QED) is 0.551. The molecule has 0 aliphatic carbocycles. The molecule has 24 heavy (non-hydrogen) atoms. The van der Waals surface area contributed by atoms with Gasteiger partial charge in [0.1, 0.15) is 6.23 Å². The molecule has 122 valence electrons. The summed E-state index contributed by atoms with van der Waals surface area (Å²) in [5, 5.41) is 0. The Bertz CT molecular complexity index is 713. The average Bonchev–Trinajstić information content (AvgIpc) is 2.66. The lowest BCUT2D eigenvalue weighted by molar-refractivity contribution is 0.0495. The van der Waals surface area contributed by atoms with Crippen molar-refractivity contribution in [3.05, 3.63) is 102 Å². The Morgan fingerprint density at radius 3 is 1.79 bits per heavy atom. The third-order valence-electron chi connectivity index (χ3n) is 4.06. The molecular weight excluding hydrogens is 294 g/mol. The van der Waals surface area contributed by atoms with Crippen LogP contribution >= 0.6 is 0 Å². The van der Waals surface area contributed by atoms with E-state index in [4.69, 9.17) is 4.74 Å². The van der Waals surface area contributed by atoms with Crippen LogP contribution in [0.4, 0.5) is 5.69 Å². The Kier molecular flexibility index (Phi) is 5.65. The molecule has 0 heterocycles. The van der Waals surface area contributed by atoms with E-state index in [0.717, 1.165) is 6.54 Å². The van der Waals surface area contributed by atoms with Gasteiger partial charge >= 0.3 is 0 Å². The van der Waals surface area contributed by atoms with Gasteiger partial charge in [0.05, 0.1) is 6.61 Å². The number of anilines is 1. The molecule has 0 bridgehead atoms. The van der Waals surface area contributed by atoms with Crippen LogP contribution in [0, 0.1) is 0 Å². The van der Waals surface area contributed by atoms with Crippen LogP contribution in [0.25, 0.3) is 0 Å². The highest BCUT2D eigenvalue weighted by atomic mass is 16.5. The van der Waals surface area contributed by atoms with Gasteiger partial charge in [0.25, 0.3) is 0 Å². The normalized spacial score (nSPS) is 11.9. The molecule has 0 aliphatic rings. The fourth-order valence-electron chi connectivity index (χ4n) is 2.71. The van der Waals surface area contributed by atoms with Gasteiger partial charge in [0, 0.05) is 12.2 Å². The molecule has 3 rings (SSSR count). The van der Waals surface area contributed by atoms with Crippen molar-refractivity contribution in [2.75, 3.05) is 4.90 Å². The SMILES string of the molecule is CC(OCc1ccccc1)N(Cc1ccccc1)c1ccccc1. The summed E-state index contributed by atoms with van der Waals surface area (Å²) in [6.45, 7) is 3.54. The van der Waals surface area contributed by atoms with Crippen molar-refractivity contribution < 1.29 is 4.74 Å². The Balaban J connectivity index is 1.73. The zero-order chi connectivity index (χ0) is 16.6. The second kappa shape index (κ2) is 8.32. The molecule has 0 amide bonds. The van der Waals surface area contributed by atoms with Crippen molar-refractivity contribution in [1.82, 2.24) is 0 Å². The van der Waals surface area contributed by atoms with E-state index in [1.54, 1.807) is 0 Å². The minimum Gasteiger partial charge on any atom is -0.354 e. The van der Waals surface area contributed by atoms with Gasteiger partial charge in [-0.3, -0.25) is 0 Å². The fourth-order valence-corrected chi connectivity index (χ4v) is 2.71. The van der Waals surface area contributed by atoms with Crippen LogP contribution < -0.4 is 4.90 Å². The van der Waals surface area contributed by atoms with Crippen molar-refractivity contribution in [3.63, 3.8) is 0 Å². The molecule has 0 spiro atoms. The van der Waals surface area contributed by atoms with E-state index in [-0.39, 0.29) is 6.23 Å². The second-order valence-electron chi connectivity index (χ2n) is 5.84. The number of benzene rings is 3. The summed E-state index contributed by atoms with van der Waals surface area (Å²) in [5.41, 5.74) is 3.63. The molecule has 1 unspecified atom stereocenters. The summed E-state index contributed by atoms with van der Waals surface area (Å²) in [5.74, 6) is 0. The van der Waals surface area contributed by atoms with Crippen LogP contribution in [0.1, 0.15) is 18.1 Å². The Morgan fingerprint density at radius 1 is 0.708 bits per heavy atom. The average molecular weight is 317 g/mol. The Labute approximate surface area is 144 Å². The monoisotopic (exact) mass is 317 g/mol. The lowest BCUT2D eigenvalue weighted by atomic mass is 10.2. The molecule has 0 saturated heterocycles. The van der Waals surface area contributed by atoms with Crippen LogP contribution in [0.15, 0.2) is 91.0 Å². The van der Waals surface area contributed by atoms with Gasteiger partial charge in [-0.05, 0) is 30.2 Å². The third-order valence-corrected chi connectivity index (χ3v) is 4.06. The van der Waals surface area contributed by atoms with Crippen molar-refractivity contribution in [1.29, 1.82) is 0 Å². The zero-order valence-corrected chi connectivity index (χ0v) is 14.0. The minimum atomic E-state index is -0.0205. The zero-order valence-electron chi connectivity index (χ0n) is 14.0. The summed E-state index contributed by atoms with van der Waals surface area (Å²) in [6, 6.07) is 31.2. The standard InChI is InChI=1S/C22H23NO/c1-19(24-18-21-13-7-3-8-14-21)23(22-15-9-4-10-16-22)17-20-11-5-2-6-12-20/h2-16,19H,17-18H2,1H3. The largest absolute Gasteiger partial charge is 0.354 e. The van der Waals surface area contributed by atoms with E-state index in [1.807, 2.05) is 30.3 Å². The number of nitrogens with zero attached hydrogens (tertiary/aromatic N) is 1. The number of para-hydroxylation sites is 1. The fraction of sp³-hybridized carbons (Fsp3) is 0.182. The van der Waals surface area contributed by atoms with E-state index in [1.165, 1.54) is 16.8 Å². The van der Waals surface area contributed by atoms with E-state index in [0.29, 0.717) is 6.61 Å². The summed E-state index contributed by atoms with van der Waals surface area (Å²) < 4.78 is 6.14. The third kappa shape index (κ3) is 4.46. The van der Waals surface area contributed by atoms with E-state index in [9.17, 15) is 0 Å². The molecule has 2 heteroatoms. The minimum absolute atomic E-state index is 0.0205. The van der Waals surface area contributed by atoms with Crippen molar-refractivity contribution in [3.8, 4) is 0 Å². The first-order valence-corrected chi connectivity index (χ1v) is 8.34. The van der Waals surface area contributed by atoms with Crippen LogP contribution in [0.5, 0.6) is 0 Å². The maximum Gasteiger partial charge on any atom is 0.128 e. The number of ether oxygens (including phenoxy) is 1. The van der Waals surface area contributed by atoms with Gasteiger partial charge in [-0.15, -0.1) is 0 Å². The highest BCUT2D eigenvalue weighted by molar-refractivity contribution is 5.47. The van der Waals surface area contributed by atoms with Gasteiger partial charge in [0.2, 0.25) is 0 Å². The maximum atomic E-state index is 6.14. The van der Waals surface area contributed by atoms with Crippen LogP contribution in [-0.2, 0) is 17.9 Å². The van der Waals surface area contributed by atoms with Crippen molar-refractivity contribution in [2.45, 2.75) is 26.3 Å². The topological polar surface area (TPSA) is 12.5 Å². The molecule has 2 nitrogen and oxygen atoms in total. The van der Waals surface area contributed by atoms with Gasteiger partial charge < -0.3 is 9.64 Å². The first kappa shape index (κ1) is 16.3. The molecule has 0 saturated carbocycles. The lowest BCUT2D eigenvalue weighted by Crippen LogP contribution is -2.34. The molecule has 0 N–H and O–H groups in total. The van der Waals surface area contributed by atoms with E-state index in [2.05, 4.69) is 72.5 Å². The lowest BCUT2D eigenvalue weighted by Gasteiger charge is -2.31. The first-order valence-electron chi connectivity index (χ1n) is 8.34. The summed E-state index contributed by atoms with van der Waals surface area (Å²) in [7, 11) is 0. The maximum absolute atomic E-state index is 6.14. The number of hydrogen-bond donors (Lipinski definition) is 0. The Hall–Kier alpha value is -2.58. The molecular formula is C22H23NO. The van der Waals surface area contributed by atoms with Crippen LogP contribution in [0.3, 0.4) is 0 Å². The molecule has 1 atom stereocenters. The van der Waals surface area contributed by atoms with Gasteiger partial charge in [-0.25, -0.2) is 0 Å². The molecule has 0 radical (unpaired) electrons. The first-order chi connectivity index (χ1) is 11.8. The predicted octanol–water partition coefficient (Wildman–Crippen LogP) is 5.26. The number of hydrogen-bond acceptors (Lipinski definition) is 2. The second-order valence-corrected chi connectivity index (χ2v) is 5.84.